The molecule has 2 saturated heterocycles. The second kappa shape index (κ2) is 5.23. The lowest BCUT2D eigenvalue weighted by Gasteiger charge is -2.32. The molecule has 0 saturated carbocycles. The summed E-state index contributed by atoms with van der Waals surface area (Å²) in [5.74, 6) is 0.633. The molecular formula is C12H24N4O. The van der Waals surface area contributed by atoms with E-state index in [0.717, 1.165) is 19.6 Å². The van der Waals surface area contributed by atoms with E-state index in [0.29, 0.717) is 18.5 Å². The van der Waals surface area contributed by atoms with Gasteiger partial charge in [0, 0.05) is 19.1 Å². The van der Waals surface area contributed by atoms with Crippen LogP contribution in [0, 0.1) is 5.92 Å². The summed E-state index contributed by atoms with van der Waals surface area (Å²) in [5.41, 5.74) is 5.75. The number of hydrogen-bond acceptors (Lipinski definition) is 3. The Hall–Kier alpha value is -0.810. The van der Waals surface area contributed by atoms with Crippen LogP contribution in [0.2, 0.25) is 0 Å². The molecule has 2 rings (SSSR count). The Morgan fingerprint density at radius 3 is 2.71 bits per heavy atom. The fourth-order valence-corrected chi connectivity index (χ4v) is 2.82. The summed E-state index contributed by atoms with van der Waals surface area (Å²) < 4.78 is 0. The lowest BCUT2D eigenvalue weighted by atomic mass is 9.90. The molecule has 0 spiro atoms. The van der Waals surface area contributed by atoms with Gasteiger partial charge in [-0.05, 0) is 45.8 Å². The van der Waals surface area contributed by atoms with Crippen molar-refractivity contribution in [2.45, 2.75) is 31.8 Å². The number of hydrogen-bond donors (Lipinski definition) is 2. The van der Waals surface area contributed by atoms with Crippen molar-refractivity contribution < 1.29 is 4.79 Å². The highest BCUT2D eigenvalue weighted by Gasteiger charge is 2.35. The number of likely N-dealkylation sites (tertiary alicyclic amines) is 1. The van der Waals surface area contributed by atoms with Crippen LogP contribution in [0.3, 0.4) is 0 Å². The average molecular weight is 240 g/mol. The highest BCUT2D eigenvalue weighted by atomic mass is 16.2. The summed E-state index contributed by atoms with van der Waals surface area (Å²) in [6, 6.07) is 0.443. The molecule has 2 amide bonds. The number of nitrogens with two attached hydrogens (primary N) is 1. The number of carbonyl (C=O) groups excluding carboxylic acids is 1. The first-order valence-electron chi connectivity index (χ1n) is 6.56. The Morgan fingerprint density at radius 2 is 2.12 bits per heavy atom. The molecule has 2 aliphatic heterocycles. The number of piperidine rings is 1. The van der Waals surface area contributed by atoms with Crippen molar-refractivity contribution in [3.63, 3.8) is 0 Å². The predicted molar refractivity (Wildman–Crippen MR) is 67.8 cm³/mol. The van der Waals surface area contributed by atoms with Gasteiger partial charge in [-0.2, -0.15) is 0 Å². The highest BCUT2D eigenvalue weighted by molar-refractivity contribution is 5.77. The van der Waals surface area contributed by atoms with Gasteiger partial charge in [0.2, 0.25) is 0 Å². The van der Waals surface area contributed by atoms with E-state index in [9.17, 15) is 4.79 Å². The molecule has 0 aromatic heterocycles. The fourth-order valence-electron chi connectivity index (χ4n) is 2.82. The minimum atomic E-state index is 0.0528. The SMILES string of the molecule is CC(N)CN1CC(C2CCN(C)CC2)NC1=O. The Kier molecular flexibility index (Phi) is 3.89. The van der Waals surface area contributed by atoms with Crippen LogP contribution in [-0.2, 0) is 0 Å². The molecule has 5 heteroatoms. The molecule has 0 aromatic carbocycles. The third-order valence-electron chi connectivity index (χ3n) is 3.85. The van der Waals surface area contributed by atoms with Crippen LogP contribution in [-0.4, -0.2) is 61.1 Å². The van der Waals surface area contributed by atoms with E-state index in [1.165, 1.54) is 12.8 Å². The third-order valence-corrected chi connectivity index (χ3v) is 3.85. The molecule has 2 fully saturated rings. The fraction of sp³-hybridized carbons (Fsp3) is 0.917. The minimum Gasteiger partial charge on any atom is -0.333 e. The summed E-state index contributed by atoms with van der Waals surface area (Å²) in [5, 5.41) is 3.11. The van der Waals surface area contributed by atoms with Gasteiger partial charge in [0.25, 0.3) is 0 Å². The van der Waals surface area contributed by atoms with Gasteiger partial charge in [-0.1, -0.05) is 0 Å². The van der Waals surface area contributed by atoms with Crippen molar-refractivity contribution in [3.8, 4) is 0 Å². The molecule has 2 unspecified atom stereocenters. The van der Waals surface area contributed by atoms with Gasteiger partial charge in [0.15, 0.2) is 0 Å². The first kappa shape index (κ1) is 12.6. The Morgan fingerprint density at radius 1 is 1.47 bits per heavy atom. The van der Waals surface area contributed by atoms with E-state index in [4.69, 9.17) is 5.73 Å². The zero-order valence-corrected chi connectivity index (χ0v) is 10.9. The van der Waals surface area contributed by atoms with E-state index in [1.807, 2.05) is 11.8 Å². The zero-order valence-electron chi connectivity index (χ0n) is 10.9. The van der Waals surface area contributed by atoms with Crippen molar-refractivity contribution in [1.29, 1.82) is 0 Å². The maximum atomic E-state index is 11.8. The van der Waals surface area contributed by atoms with Crippen LogP contribution in [0.15, 0.2) is 0 Å². The van der Waals surface area contributed by atoms with Crippen molar-refractivity contribution in [3.05, 3.63) is 0 Å². The first-order chi connectivity index (χ1) is 8.06. The summed E-state index contributed by atoms with van der Waals surface area (Å²) in [6.07, 6.45) is 2.38. The average Bonchev–Trinajstić information content (AvgIpc) is 2.60. The topological polar surface area (TPSA) is 61.6 Å². The molecule has 98 valence electrons. The second-order valence-electron chi connectivity index (χ2n) is 5.58. The van der Waals surface area contributed by atoms with Crippen LogP contribution < -0.4 is 11.1 Å². The Balaban J connectivity index is 1.86. The molecule has 5 nitrogen and oxygen atoms in total. The van der Waals surface area contributed by atoms with Gasteiger partial charge in [-0.15, -0.1) is 0 Å². The number of rotatable bonds is 3. The van der Waals surface area contributed by atoms with Crippen LogP contribution in [0.5, 0.6) is 0 Å². The molecule has 3 N–H and O–H groups in total. The van der Waals surface area contributed by atoms with Gasteiger partial charge >= 0.3 is 6.03 Å². The smallest absolute Gasteiger partial charge is 0.317 e. The minimum absolute atomic E-state index is 0.0528. The predicted octanol–water partition coefficient (Wildman–Crippen LogP) is 0.0692. The number of nitrogens with one attached hydrogen (secondary N) is 1. The van der Waals surface area contributed by atoms with Crippen LogP contribution in [0.1, 0.15) is 19.8 Å². The summed E-state index contributed by atoms with van der Waals surface area (Å²) in [6.45, 7) is 5.72. The van der Waals surface area contributed by atoms with Gasteiger partial charge in [-0.25, -0.2) is 4.79 Å². The first-order valence-corrected chi connectivity index (χ1v) is 6.56. The van der Waals surface area contributed by atoms with E-state index in [-0.39, 0.29) is 12.1 Å². The maximum absolute atomic E-state index is 11.8. The lowest BCUT2D eigenvalue weighted by Crippen LogP contribution is -2.41. The molecule has 0 aromatic rings. The van der Waals surface area contributed by atoms with Gasteiger partial charge in [0.05, 0.1) is 6.04 Å². The molecule has 2 heterocycles. The number of nitrogens with zero attached hydrogens (tertiary/aromatic N) is 2. The van der Waals surface area contributed by atoms with Crippen LogP contribution in [0.25, 0.3) is 0 Å². The standard InChI is InChI=1S/C12H24N4O/c1-9(13)7-16-8-11(14-12(16)17)10-3-5-15(2)6-4-10/h9-11H,3-8,13H2,1-2H3,(H,14,17). The van der Waals surface area contributed by atoms with E-state index in [2.05, 4.69) is 17.3 Å². The molecule has 0 bridgehead atoms. The van der Waals surface area contributed by atoms with Gasteiger partial charge < -0.3 is 20.9 Å². The largest absolute Gasteiger partial charge is 0.333 e. The van der Waals surface area contributed by atoms with E-state index in [1.54, 1.807) is 0 Å². The van der Waals surface area contributed by atoms with Crippen LogP contribution >= 0.6 is 0 Å². The maximum Gasteiger partial charge on any atom is 0.317 e. The van der Waals surface area contributed by atoms with Crippen LogP contribution in [0.4, 0.5) is 4.79 Å². The second-order valence-corrected chi connectivity index (χ2v) is 5.58. The van der Waals surface area contributed by atoms with Gasteiger partial charge in [-0.3, -0.25) is 0 Å². The lowest BCUT2D eigenvalue weighted by molar-refractivity contribution is 0.190. The van der Waals surface area contributed by atoms with Crippen molar-refractivity contribution in [2.24, 2.45) is 11.7 Å². The molecule has 0 radical (unpaired) electrons. The quantitative estimate of drug-likeness (QED) is 0.734. The molecular weight excluding hydrogens is 216 g/mol. The molecule has 0 aliphatic carbocycles. The number of amides is 2. The van der Waals surface area contributed by atoms with E-state index >= 15 is 0 Å². The van der Waals surface area contributed by atoms with Crippen molar-refractivity contribution in [2.75, 3.05) is 33.2 Å². The number of urea groups is 1. The normalized spacial score (nSPS) is 29.5. The van der Waals surface area contributed by atoms with Gasteiger partial charge in [0.1, 0.15) is 0 Å². The Bertz CT molecular complexity index is 274. The molecule has 2 atom stereocenters. The summed E-state index contributed by atoms with van der Waals surface area (Å²) >= 11 is 0. The zero-order chi connectivity index (χ0) is 12.4. The Labute approximate surface area is 103 Å². The number of carbonyl (C=O) groups is 1. The molecule has 2 aliphatic rings. The third kappa shape index (κ3) is 3.10. The summed E-state index contributed by atoms with van der Waals surface area (Å²) in [4.78, 5) is 16.0. The van der Waals surface area contributed by atoms with E-state index < -0.39 is 0 Å². The van der Waals surface area contributed by atoms with Crippen molar-refractivity contribution >= 4 is 6.03 Å². The molecule has 17 heavy (non-hydrogen) atoms. The van der Waals surface area contributed by atoms with Crippen molar-refractivity contribution in [1.82, 2.24) is 15.1 Å². The monoisotopic (exact) mass is 240 g/mol. The highest BCUT2D eigenvalue weighted by Crippen LogP contribution is 2.23. The summed E-state index contributed by atoms with van der Waals surface area (Å²) in [7, 11) is 2.16.